The van der Waals surface area contributed by atoms with Gasteiger partial charge in [0.2, 0.25) is 0 Å². The summed E-state index contributed by atoms with van der Waals surface area (Å²) in [6.45, 7) is 7.56. The molecule has 1 N–H and O–H groups in total. The monoisotopic (exact) mass is 208 g/mol. The van der Waals surface area contributed by atoms with Crippen LogP contribution in [0.25, 0.3) is 0 Å². The minimum atomic E-state index is -0.295. The second-order valence-electron chi connectivity index (χ2n) is 4.19. The van der Waals surface area contributed by atoms with Gasteiger partial charge in [-0.25, -0.2) is 0 Å². The molecule has 0 spiro atoms. The first-order valence-corrected chi connectivity index (χ1v) is 5.41. The number of pyridine rings is 1. The Hall–Kier alpha value is -0.930. The first-order valence-electron chi connectivity index (χ1n) is 5.41. The van der Waals surface area contributed by atoms with Gasteiger partial charge >= 0.3 is 0 Å². The van der Waals surface area contributed by atoms with E-state index in [0.717, 1.165) is 12.2 Å². The fourth-order valence-corrected chi connectivity index (χ4v) is 1.50. The quantitative estimate of drug-likeness (QED) is 0.799. The highest BCUT2D eigenvalue weighted by molar-refractivity contribution is 5.03. The van der Waals surface area contributed by atoms with E-state index in [4.69, 9.17) is 0 Å². The first-order chi connectivity index (χ1) is 7.09. The highest BCUT2D eigenvalue weighted by Crippen LogP contribution is 2.06. The molecule has 84 valence electrons. The summed E-state index contributed by atoms with van der Waals surface area (Å²) in [6.07, 6.45) is 1.51. The zero-order valence-electron chi connectivity index (χ0n) is 9.72. The SMILES string of the molecule is CC(O)CN(Cc1ccccn1)C(C)C. The maximum Gasteiger partial charge on any atom is 0.0639 e. The minimum absolute atomic E-state index is 0.295. The normalized spacial score (nSPS) is 13.5. The largest absolute Gasteiger partial charge is 0.392 e. The molecule has 0 amide bonds. The predicted molar refractivity (Wildman–Crippen MR) is 61.5 cm³/mol. The van der Waals surface area contributed by atoms with Gasteiger partial charge in [0, 0.05) is 25.3 Å². The summed E-state index contributed by atoms with van der Waals surface area (Å²) in [5.41, 5.74) is 1.05. The zero-order valence-corrected chi connectivity index (χ0v) is 9.72. The highest BCUT2D eigenvalue weighted by Gasteiger charge is 2.12. The summed E-state index contributed by atoms with van der Waals surface area (Å²) >= 11 is 0. The third-order valence-corrected chi connectivity index (χ3v) is 2.32. The third-order valence-electron chi connectivity index (χ3n) is 2.32. The topological polar surface area (TPSA) is 36.4 Å². The summed E-state index contributed by atoms with van der Waals surface area (Å²) in [4.78, 5) is 6.50. The smallest absolute Gasteiger partial charge is 0.0639 e. The van der Waals surface area contributed by atoms with Crippen LogP contribution in [0, 0.1) is 0 Å². The number of aliphatic hydroxyl groups excluding tert-OH is 1. The van der Waals surface area contributed by atoms with Crippen molar-refractivity contribution in [2.24, 2.45) is 0 Å². The molecule has 0 radical (unpaired) electrons. The molecule has 1 rings (SSSR count). The molecule has 1 aromatic rings. The van der Waals surface area contributed by atoms with Crippen LogP contribution in [0.15, 0.2) is 24.4 Å². The van der Waals surface area contributed by atoms with E-state index in [-0.39, 0.29) is 6.10 Å². The summed E-state index contributed by atoms with van der Waals surface area (Å²) in [6, 6.07) is 6.33. The van der Waals surface area contributed by atoms with Gasteiger partial charge < -0.3 is 5.11 Å². The van der Waals surface area contributed by atoms with Gasteiger partial charge in [-0.15, -0.1) is 0 Å². The molecule has 15 heavy (non-hydrogen) atoms. The van der Waals surface area contributed by atoms with Crippen LogP contribution < -0.4 is 0 Å². The van der Waals surface area contributed by atoms with E-state index in [1.54, 1.807) is 6.20 Å². The molecule has 0 aromatic carbocycles. The van der Waals surface area contributed by atoms with Crippen LogP contribution >= 0.6 is 0 Å². The predicted octanol–water partition coefficient (Wildman–Crippen LogP) is 1.67. The molecule has 0 aliphatic heterocycles. The van der Waals surface area contributed by atoms with E-state index in [1.807, 2.05) is 25.1 Å². The van der Waals surface area contributed by atoms with Crippen molar-refractivity contribution in [1.29, 1.82) is 0 Å². The fourth-order valence-electron chi connectivity index (χ4n) is 1.50. The summed E-state index contributed by atoms with van der Waals surface area (Å²) in [5, 5.41) is 9.39. The van der Waals surface area contributed by atoms with Gasteiger partial charge in [0.05, 0.1) is 11.8 Å². The molecule has 0 saturated carbocycles. The van der Waals surface area contributed by atoms with E-state index in [9.17, 15) is 5.11 Å². The van der Waals surface area contributed by atoms with Gasteiger partial charge in [0.1, 0.15) is 0 Å². The Kier molecular flexibility index (Phi) is 4.72. The number of aliphatic hydroxyl groups is 1. The average molecular weight is 208 g/mol. The lowest BCUT2D eigenvalue weighted by Crippen LogP contribution is -2.36. The molecule has 1 aromatic heterocycles. The van der Waals surface area contributed by atoms with Crippen molar-refractivity contribution in [1.82, 2.24) is 9.88 Å². The van der Waals surface area contributed by atoms with Crippen molar-refractivity contribution in [3.05, 3.63) is 30.1 Å². The van der Waals surface area contributed by atoms with Crippen LogP contribution in [0.2, 0.25) is 0 Å². The first kappa shape index (κ1) is 12.1. The lowest BCUT2D eigenvalue weighted by atomic mass is 10.2. The zero-order chi connectivity index (χ0) is 11.3. The van der Waals surface area contributed by atoms with Crippen LogP contribution in [0.5, 0.6) is 0 Å². The van der Waals surface area contributed by atoms with Gasteiger partial charge in [0.25, 0.3) is 0 Å². The van der Waals surface area contributed by atoms with Gasteiger partial charge in [-0.2, -0.15) is 0 Å². The van der Waals surface area contributed by atoms with E-state index < -0.39 is 0 Å². The van der Waals surface area contributed by atoms with Crippen molar-refractivity contribution < 1.29 is 5.11 Å². The second kappa shape index (κ2) is 5.83. The number of hydrogen-bond donors (Lipinski definition) is 1. The Morgan fingerprint density at radius 3 is 2.53 bits per heavy atom. The Morgan fingerprint density at radius 1 is 1.33 bits per heavy atom. The molecule has 0 saturated heterocycles. The second-order valence-corrected chi connectivity index (χ2v) is 4.19. The molecule has 1 unspecified atom stereocenters. The van der Waals surface area contributed by atoms with Crippen molar-refractivity contribution in [3.63, 3.8) is 0 Å². The molecule has 0 bridgehead atoms. The summed E-state index contributed by atoms with van der Waals surface area (Å²) < 4.78 is 0. The molecular formula is C12H20N2O. The molecule has 1 atom stereocenters. The Balaban J connectivity index is 2.59. The van der Waals surface area contributed by atoms with Crippen LogP contribution in [-0.2, 0) is 6.54 Å². The van der Waals surface area contributed by atoms with Crippen LogP contribution in [-0.4, -0.2) is 33.7 Å². The molecular weight excluding hydrogens is 188 g/mol. The molecule has 1 heterocycles. The Bertz CT molecular complexity index is 272. The average Bonchev–Trinajstić information content (AvgIpc) is 2.17. The van der Waals surface area contributed by atoms with Crippen molar-refractivity contribution in [2.45, 2.75) is 39.5 Å². The van der Waals surface area contributed by atoms with Crippen LogP contribution in [0.3, 0.4) is 0 Å². The van der Waals surface area contributed by atoms with E-state index in [1.165, 1.54) is 0 Å². The van der Waals surface area contributed by atoms with E-state index >= 15 is 0 Å². The van der Waals surface area contributed by atoms with E-state index in [0.29, 0.717) is 12.6 Å². The lowest BCUT2D eigenvalue weighted by molar-refractivity contribution is 0.102. The molecule has 0 aliphatic carbocycles. The van der Waals surface area contributed by atoms with E-state index in [2.05, 4.69) is 23.7 Å². The highest BCUT2D eigenvalue weighted by atomic mass is 16.3. The molecule has 0 aliphatic rings. The van der Waals surface area contributed by atoms with Gasteiger partial charge in [-0.1, -0.05) is 6.07 Å². The van der Waals surface area contributed by atoms with Gasteiger partial charge in [-0.3, -0.25) is 9.88 Å². The number of nitrogens with zero attached hydrogens (tertiary/aromatic N) is 2. The van der Waals surface area contributed by atoms with Gasteiger partial charge in [-0.05, 0) is 32.9 Å². The minimum Gasteiger partial charge on any atom is -0.392 e. The summed E-state index contributed by atoms with van der Waals surface area (Å²) in [5.74, 6) is 0. The van der Waals surface area contributed by atoms with Crippen molar-refractivity contribution in [3.8, 4) is 0 Å². The van der Waals surface area contributed by atoms with Gasteiger partial charge in [0.15, 0.2) is 0 Å². The third kappa shape index (κ3) is 4.40. The number of hydrogen-bond acceptors (Lipinski definition) is 3. The lowest BCUT2D eigenvalue weighted by Gasteiger charge is -2.27. The van der Waals surface area contributed by atoms with Crippen molar-refractivity contribution in [2.75, 3.05) is 6.54 Å². The maximum absolute atomic E-state index is 9.39. The molecule has 3 heteroatoms. The van der Waals surface area contributed by atoms with Crippen molar-refractivity contribution >= 4 is 0 Å². The Morgan fingerprint density at radius 2 is 2.07 bits per heavy atom. The number of aromatic nitrogens is 1. The maximum atomic E-state index is 9.39. The number of rotatable bonds is 5. The summed E-state index contributed by atoms with van der Waals surface area (Å²) in [7, 11) is 0. The van der Waals surface area contributed by atoms with Crippen LogP contribution in [0.4, 0.5) is 0 Å². The molecule has 0 fully saturated rings. The van der Waals surface area contributed by atoms with Crippen LogP contribution in [0.1, 0.15) is 26.5 Å². The fraction of sp³-hybridized carbons (Fsp3) is 0.583. The molecule has 3 nitrogen and oxygen atoms in total. The Labute approximate surface area is 91.8 Å². The standard InChI is InChI=1S/C12H20N2O/c1-10(2)14(8-11(3)15)9-12-6-4-5-7-13-12/h4-7,10-11,15H,8-9H2,1-3H3.